The number of furan rings is 1. The fourth-order valence-corrected chi connectivity index (χ4v) is 3.16. The van der Waals surface area contributed by atoms with E-state index in [0.717, 1.165) is 35.1 Å². The number of amides is 1. The molecule has 0 unspecified atom stereocenters. The van der Waals surface area contributed by atoms with Crippen molar-refractivity contribution in [2.24, 2.45) is 5.92 Å². The zero-order chi connectivity index (χ0) is 17.3. The first-order valence-electron chi connectivity index (χ1n) is 8.38. The van der Waals surface area contributed by atoms with Gasteiger partial charge in [-0.1, -0.05) is 18.2 Å². The highest BCUT2D eigenvalue weighted by atomic mass is 16.3. The number of nitrogens with zero attached hydrogens (tertiary/aromatic N) is 1. The largest absolute Gasteiger partial charge is 0.459 e. The quantitative estimate of drug-likeness (QED) is 0.855. The topological polar surface area (TPSA) is 78.1 Å². The van der Waals surface area contributed by atoms with Crippen LogP contribution in [0.2, 0.25) is 0 Å². The summed E-state index contributed by atoms with van der Waals surface area (Å²) in [5, 5.41) is 16.5. The molecule has 3 rings (SSSR count). The van der Waals surface area contributed by atoms with Crippen molar-refractivity contribution in [3.05, 3.63) is 35.6 Å². The Kier molecular flexibility index (Phi) is 4.33. The first-order chi connectivity index (χ1) is 11.4. The summed E-state index contributed by atoms with van der Waals surface area (Å²) < 4.78 is 5.92. The zero-order valence-electron chi connectivity index (χ0n) is 14.3. The number of carbonyl (C=O) groups excluding carboxylic acids is 1. The molecule has 1 aliphatic rings. The van der Waals surface area contributed by atoms with Crippen molar-refractivity contribution >= 4 is 16.9 Å². The maximum atomic E-state index is 12.2. The molecule has 0 saturated heterocycles. The first kappa shape index (κ1) is 16.5. The number of carbonyl (C=O) groups is 1. The van der Waals surface area contributed by atoms with Crippen molar-refractivity contribution < 1.29 is 9.21 Å². The number of para-hydroxylation sites is 1. The van der Waals surface area contributed by atoms with Gasteiger partial charge < -0.3 is 9.73 Å². The summed E-state index contributed by atoms with van der Waals surface area (Å²) in [7, 11) is 0. The lowest BCUT2D eigenvalue weighted by Gasteiger charge is -2.23. The van der Waals surface area contributed by atoms with E-state index in [4.69, 9.17) is 4.42 Å². The minimum absolute atomic E-state index is 0.0857. The molecule has 1 aromatic heterocycles. The van der Waals surface area contributed by atoms with Gasteiger partial charge in [-0.25, -0.2) is 0 Å². The van der Waals surface area contributed by atoms with Gasteiger partial charge in [0.1, 0.15) is 16.9 Å². The molecule has 1 amide bonds. The van der Waals surface area contributed by atoms with E-state index in [-0.39, 0.29) is 24.4 Å². The van der Waals surface area contributed by atoms with Gasteiger partial charge in [0.15, 0.2) is 0 Å². The summed E-state index contributed by atoms with van der Waals surface area (Å²) in [5.41, 5.74) is 1.19. The van der Waals surface area contributed by atoms with Crippen molar-refractivity contribution in [3.63, 3.8) is 0 Å². The minimum Gasteiger partial charge on any atom is -0.459 e. The van der Waals surface area contributed by atoms with Crippen LogP contribution in [0.25, 0.3) is 11.0 Å². The second-order valence-corrected chi connectivity index (χ2v) is 6.83. The SMILES string of the molecule is Cc1c([C@@H](C)NCC(=O)N[C@](C)(C#N)C2CC2)oc2ccccc12. The van der Waals surface area contributed by atoms with Crippen molar-refractivity contribution in [2.75, 3.05) is 6.54 Å². The number of benzene rings is 1. The predicted octanol–water partition coefficient (Wildman–Crippen LogP) is 3.20. The molecule has 0 spiro atoms. The second-order valence-electron chi connectivity index (χ2n) is 6.83. The Balaban J connectivity index is 1.62. The molecule has 5 heteroatoms. The summed E-state index contributed by atoms with van der Waals surface area (Å²) in [6.07, 6.45) is 2.01. The number of nitriles is 1. The highest BCUT2D eigenvalue weighted by Gasteiger charge is 2.42. The highest BCUT2D eigenvalue weighted by Crippen LogP contribution is 2.39. The maximum Gasteiger partial charge on any atom is 0.235 e. The molecule has 1 aliphatic carbocycles. The van der Waals surface area contributed by atoms with Crippen molar-refractivity contribution in [2.45, 2.75) is 45.2 Å². The van der Waals surface area contributed by atoms with Gasteiger partial charge in [-0.05, 0) is 51.2 Å². The Bertz CT molecular complexity index is 801. The molecular formula is C19H23N3O2. The molecular weight excluding hydrogens is 302 g/mol. The van der Waals surface area contributed by atoms with Crippen molar-refractivity contribution in [3.8, 4) is 6.07 Å². The molecule has 2 atom stereocenters. The number of aryl methyl sites for hydroxylation is 1. The smallest absolute Gasteiger partial charge is 0.235 e. The molecule has 2 aromatic rings. The summed E-state index contributed by atoms with van der Waals surface area (Å²) in [5.74, 6) is 0.960. The number of fused-ring (bicyclic) bond motifs is 1. The number of rotatable bonds is 6. The average molecular weight is 325 g/mol. The van der Waals surface area contributed by atoms with Crippen LogP contribution in [0.15, 0.2) is 28.7 Å². The third-order valence-electron chi connectivity index (χ3n) is 4.87. The van der Waals surface area contributed by atoms with Gasteiger partial charge in [-0.3, -0.25) is 10.1 Å². The fourth-order valence-electron chi connectivity index (χ4n) is 3.16. The monoisotopic (exact) mass is 325 g/mol. The van der Waals surface area contributed by atoms with Crippen molar-refractivity contribution in [1.29, 1.82) is 5.26 Å². The Morgan fingerprint density at radius 1 is 1.46 bits per heavy atom. The summed E-state index contributed by atoms with van der Waals surface area (Å²) in [4.78, 5) is 12.2. The number of hydrogen-bond acceptors (Lipinski definition) is 4. The molecule has 0 bridgehead atoms. The van der Waals surface area contributed by atoms with Crippen LogP contribution in [0.3, 0.4) is 0 Å². The normalized spacial score (nSPS) is 17.9. The van der Waals surface area contributed by atoms with Crippen LogP contribution >= 0.6 is 0 Å². The van der Waals surface area contributed by atoms with E-state index in [1.807, 2.05) is 38.1 Å². The summed E-state index contributed by atoms with van der Waals surface area (Å²) >= 11 is 0. The molecule has 5 nitrogen and oxygen atoms in total. The van der Waals surface area contributed by atoms with Crippen LogP contribution in [0.1, 0.15) is 44.1 Å². The van der Waals surface area contributed by atoms with Crippen LogP contribution < -0.4 is 10.6 Å². The van der Waals surface area contributed by atoms with E-state index >= 15 is 0 Å². The lowest BCUT2D eigenvalue weighted by atomic mass is 9.98. The van der Waals surface area contributed by atoms with E-state index in [9.17, 15) is 10.1 Å². The van der Waals surface area contributed by atoms with Crippen molar-refractivity contribution in [1.82, 2.24) is 10.6 Å². The van der Waals surface area contributed by atoms with Crippen LogP contribution in [0, 0.1) is 24.2 Å². The molecule has 1 aromatic carbocycles. The molecule has 126 valence electrons. The predicted molar refractivity (Wildman–Crippen MR) is 92.3 cm³/mol. The Morgan fingerprint density at radius 2 is 2.17 bits per heavy atom. The van der Waals surface area contributed by atoms with Crippen LogP contribution in [0.4, 0.5) is 0 Å². The van der Waals surface area contributed by atoms with E-state index in [2.05, 4.69) is 16.7 Å². The maximum absolute atomic E-state index is 12.2. The molecule has 0 aliphatic heterocycles. The molecule has 1 saturated carbocycles. The van der Waals surface area contributed by atoms with Crippen LogP contribution in [-0.2, 0) is 4.79 Å². The Hall–Kier alpha value is -2.32. The molecule has 2 N–H and O–H groups in total. The van der Waals surface area contributed by atoms with Gasteiger partial charge in [0.2, 0.25) is 5.91 Å². The average Bonchev–Trinajstić information content (AvgIpc) is 3.38. The standard InChI is InChI=1S/C19H23N3O2/c1-12-15-6-4-5-7-16(15)24-18(12)13(2)21-10-17(23)22-19(3,11-20)14-8-9-14/h4-7,13-14,21H,8-10H2,1-3H3,(H,22,23)/t13-,19-/m1/s1. The second kappa shape index (κ2) is 6.29. The number of hydrogen-bond donors (Lipinski definition) is 2. The van der Waals surface area contributed by atoms with Crippen LogP contribution in [-0.4, -0.2) is 18.0 Å². The van der Waals surface area contributed by atoms with Gasteiger partial charge in [-0.2, -0.15) is 5.26 Å². The first-order valence-corrected chi connectivity index (χ1v) is 8.38. The molecule has 1 heterocycles. The van der Waals surface area contributed by atoms with Gasteiger partial charge in [0.05, 0.1) is 18.7 Å². The molecule has 1 fully saturated rings. The van der Waals surface area contributed by atoms with E-state index < -0.39 is 5.54 Å². The van der Waals surface area contributed by atoms with E-state index in [0.29, 0.717) is 0 Å². The number of nitrogens with one attached hydrogen (secondary N) is 2. The van der Waals surface area contributed by atoms with E-state index in [1.165, 1.54) is 0 Å². The van der Waals surface area contributed by atoms with Gasteiger partial charge in [0, 0.05) is 5.39 Å². The third-order valence-corrected chi connectivity index (χ3v) is 4.87. The fraction of sp³-hybridized carbons (Fsp3) is 0.474. The lowest BCUT2D eigenvalue weighted by molar-refractivity contribution is -0.121. The molecule has 0 radical (unpaired) electrons. The third kappa shape index (κ3) is 3.15. The zero-order valence-corrected chi connectivity index (χ0v) is 14.3. The minimum atomic E-state index is -0.753. The highest BCUT2D eigenvalue weighted by molar-refractivity contribution is 5.82. The summed E-state index contributed by atoms with van der Waals surface area (Å²) in [6, 6.07) is 10.1. The van der Waals surface area contributed by atoms with Gasteiger partial charge in [-0.15, -0.1) is 0 Å². The Labute approximate surface area is 142 Å². The molecule has 24 heavy (non-hydrogen) atoms. The lowest BCUT2D eigenvalue weighted by Crippen LogP contribution is -2.49. The van der Waals surface area contributed by atoms with E-state index in [1.54, 1.807) is 6.92 Å². The van der Waals surface area contributed by atoms with Crippen LogP contribution in [0.5, 0.6) is 0 Å². The van der Waals surface area contributed by atoms with Gasteiger partial charge in [0.25, 0.3) is 0 Å². The van der Waals surface area contributed by atoms with Gasteiger partial charge >= 0.3 is 0 Å². The Morgan fingerprint density at radius 3 is 2.79 bits per heavy atom. The summed E-state index contributed by atoms with van der Waals surface area (Å²) in [6.45, 7) is 5.96.